The van der Waals surface area contributed by atoms with E-state index >= 15 is 0 Å². The lowest BCUT2D eigenvalue weighted by atomic mass is 9.89. The van der Waals surface area contributed by atoms with Crippen LogP contribution in [0.3, 0.4) is 0 Å². The van der Waals surface area contributed by atoms with Crippen LogP contribution in [0.5, 0.6) is 5.75 Å². The van der Waals surface area contributed by atoms with Crippen LogP contribution in [0.4, 0.5) is 5.00 Å². The minimum absolute atomic E-state index is 0.188. The van der Waals surface area contributed by atoms with E-state index in [-0.39, 0.29) is 11.0 Å². The van der Waals surface area contributed by atoms with Crippen LogP contribution in [-0.2, 0) is 12.8 Å². The van der Waals surface area contributed by atoms with Crippen LogP contribution in [-0.4, -0.2) is 17.6 Å². The molecule has 2 N–H and O–H groups in total. The summed E-state index contributed by atoms with van der Waals surface area (Å²) in [6, 6.07) is 9.30. The molecule has 2 aromatic rings. The molecule has 1 atom stereocenters. The van der Waals surface area contributed by atoms with Crippen LogP contribution in [0.2, 0.25) is 0 Å². The Bertz CT molecular complexity index is 930. The van der Waals surface area contributed by atoms with E-state index in [2.05, 4.69) is 23.6 Å². The number of thiophene rings is 1. The molecule has 7 heteroatoms. The first-order valence-corrected chi connectivity index (χ1v) is 10.6. The maximum Gasteiger partial charge on any atom is 0.257 e. The first kappa shape index (κ1) is 20.3. The molecule has 28 heavy (non-hydrogen) atoms. The van der Waals surface area contributed by atoms with Crippen molar-refractivity contribution in [3.8, 4) is 11.8 Å². The predicted molar refractivity (Wildman–Crippen MR) is 116 cm³/mol. The number of nitrogens with zero attached hydrogens (tertiary/aromatic N) is 1. The lowest BCUT2D eigenvalue weighted by Crippen LogP contribution is -2.34. The number of amides is 1. The molecule has 146 valence electrons. The van der Waals surface area contributed by atoms with Gasteiger partial charge in [0.25, 0.3) is 5.91 Å². The van der Waals surface area contributed by atoms with Gasteiger partial charge in [0.2, 0.25) is 0 Å². The zero-order valence-electron chi connectivity index (χ0n) is 16.0. The van der Waals surface area contributed by atoms with Crippen molar-refractivity contribution in [1.82, 2.24) is 5.32 Å². The predicted octanol–water partition coefficient (Wildman–Crippen LogP) is 4.66. The normalized spacial score (nSPS) is 15.2. The summed E-state index contributed by atoms with van der Waals surface area (Å²) < 4.78 is 5.57. The molecule has 1 unspecified atom stereocenters. The monoisotopic (exact) mass is 413 g/mol. The average Bonchev–Trinajstić information content (AvgIpc) is 3.02. The lowest BCUT2D eigenvalue weighted by Gasteiger charge is -2.17. The maximum atomic E-state index is 12.5. The van der Waals surface area contributed by atoms with Gasteiger partial charge in [-0.2, -0.15) is 5.26 Å². The van der Waals surface area contributed by atoms with E-state index in [1.807, 2.05) is 13.0 Å². The zero-order valence-corrected chi connectivity index (χ0v) is 17.6. The summed E-state index contributed by atoms with van der Waals surface area (Å²) in [4.78, 5) is 13.8. The van der Waals surface area contributed by atoms with E-state index in [0.717, 1.165) is 31.2 Å². The maximum absolute atomic E-state index is 12.5. The highest BCUT2D eigenvalue weighted by atomic mass is 32.1. The van der Waals surface area contributed by atoms with Crippen molar-refractivity contribution in [2.45, 2.75) is 39.5 Å². The van der Waals surface area contributed by atoms with Crippen LogP contribution >= 0.6 is 23.6 Å². The van der Waals surface area contributed by atoms with Gasteiger partial charge in [-0.25, -0.2) is 0 Å². The van der Waals surface area contributed by atoms with E-state index < -0.39 is 0 Å². The summed E-state index contributed by atoms with van der Waals surface area (Å²) in [5, 5.41) is 16.2. The number of nitriles is 1. The van der Waals surface area contributed by atoms with Crippen molar-refractivity contribution in [1.29, 1.82) is 5.26 Å². The molecule has 0 saturated heterocycles. The van der Waals surface area contributed by atoms with Crippen LogP contribution in [0.1, 0.15) is 53.1 Å². The van der Waals surface area contributed by atoms with E-state index in [0.29, 0.717) is 34.4 Å². The summed E-state index contributed by atoms with van der Waals surface area (Å²) in [7, 11) is 0. The van der Waals surface area contributed by atoms with E-state index in [1.54, 1.807) is 29.5 Å². The molecule has 1 amide bonds. The highest BCUT2D eigenvalue weighted by molar-refractivity contribution is 7.80. The number of hydrogen-bond donors (Lipinski definition) is 2. The van der Waals surface area contributed by atoms with E-state index in [9.17, 15) is 10.1 Å². The molecule has 0 radical (unpaired) electrons. The zero-order chi connectivity index (χ0) is 20.1. The second-order valence-corrected chi connectivity index (χ2v) is 8.47. The fourth-order valence-corrected chi connectivity index (χ4v) is 4.84. The number of benzene rings is 1. The van der Waals surface area contributed by atoms with Gasteiger partial charge in [-0.15, -0.1) is 11.3 Å². The van der Waals surface area contributed by atoms with Gasteiger partial charge in [-0.05, 0) is 67.6 Å². The number of thiocarbonyl (C=S) groups is 1. The molecule has 0 fully saturated rings. The fraction of sp³-hybridized carbons (Fsp3) is 0.381. The Kier molecular flexibility index (Phi) is 6.65. The largest absolute Gasteiger partial charge is 0.494 e. The SMILES string of the molecule is CCCOc1cccc(C(=O)NC(=S)Nc2sc3c(c2C#N)CCC(C)C3)c1. The van der Waals surface area contributed by atoms with Crippen LogP contribution in [0.25, 0.3) is 0 Å². The number of ether oxygens (including phenoxy) is 1. The number of rotatable bonds is 5. The van der Waals surface area contributed by atoms with Crippen molar-refractivity contribution < 1.29 is 9.53 Å². The lowest BCUT2D eigenvalue weighted by molar-refractivity contribution is 0.0977. The summed E-state index contributed by atoms with van der Waals surface area (Å²) in [5.41, 5.74) is 2.25. The average molecular weight is 414 g/mol. The molecule has 3 rings (SSSR count). The highest BCUT2D eigenvalue weighted by Crippen LogP contribution is 2.39. The van der Waals surface area contributed by atoms with Crippen molar-refractivity contribution in [2.24, 2.45) is 5.92 Å². The third kappa shape index (κ3) is 4.70. The summed E-state index contributed by atoms with van der Waals surface area (Å²) in [5.74, 6) is 0.965. The smallest absolute Gasteiger partial charge is 0.257 e. The number of fused-ring (bicyclic) bond motifs is 1. The first-order valence-electron chi connectivity index (χ1n) is 9.41. The molecule has 1 aromatic carbocycles. The minimum Gasteiger partial charge on any atom is -0.494 e. The quantitative estimate of drug-likeness (QED) is 0.698. The van der Waals surface area contributed by atoms with E-state index in [4.69, 9.17) is 17.0 Å². The standard InChI is InChI=1S/C21H23N3O2S2/c1-3-9-26-15-6-4-5-14(11-15)19(25)23-21(27)24-20-17(12-22)16-8-7-13(2)10-18(16)28-20/h4-6,11,13H,3,7-10H2,1-2H3,(H2,23,24,25,27). The summed E-state index contributed by atoms with van der Waals surface area (Å²) in [6.07, 6.45) is 3.89. The van der Waals surface area contributed by atoms with Crippen LogP contribution < -0.4 is 15.4 Å². The van der Waals surface area contributed by atoms with Crippen molar-refractivity contribution in [2.75, 3.05) is 11.9 Å². The van der Waals surface area contributed by atoms with E-state index in [1.165, 1.54) is 4.88 Å². The molecule has 1 aliphatic carbocycles. The Labute approximate surface area is 174 Å². The Morgan fingerprint density at radius 3 is 3.04 bits per heavy atom. The third-order valence-corrected chi connectivity index (χ3v) is 6.02. The van der Waals surface area contributed by atoms with Gasteiger partial charge in [-0.1, -0.05) is 19.9 Å². The first-order chi connectivity index (χ1) is 13.5. The number of hydrogen-bond acceptors (Lipinski definition) is 5. The molecule has 0 spiro atoms. The molecule has 0 aliphatic heterocycles. The van der Waals surface area contributed by atoms with Crippen molar-refractivity contribution in [3.05, 3.63) is 45.8 Å². The summed E-state index contributed by atoms with van der Waals surface area (Å²) >= 11 is 6.87. The topological polar surface area (TPSA) is 74.2 Å². The number of carbonyl (C=O) groups is 1. The Morgan fingerprint density at radius 2 is 2.29 bits per heavy atom. The van der Waals surface area contributed by atoms with Gasteiger partial charge in [0.1, 0.15) is 16.8 Å². The van der Waals surface area contributed by atoms with Gasteiger partial charge in [-0.3, -0.25) is 10.1 Å². The Balaban J connectivity index is 1.68. The summed E-state index contributed by atoms with van der Waals surface area (Å²) in [6.45, 7) is 4.86. The Hall–Kier alpha value is -2.43. The fourth-order valence-electron chi connectivity index (χ4n) is 3.21. The number of carbonyl (C=O) groups excluding carboxylic acids is 1. The third-order valence-electron chi connectivity index (χ3n) is 4.65. The highest BCUT2D eigenvalue weighted by Gasteiger charge is 2.24. The van der Waals surface area contributed by atoms with Crippen LogP contribution in [0, 0.1) is 17.2 Å². The van der Waals surface area contributed by atoms with Crippen LogP contribution in [0.15, 0.2) is 24.3 Å². The minimum atomic E-state index is -0.312. The van der Waals surface area contributed by atoms with Gasteiger partial charge in [0.05, 0.1) is 12.2 Å². The second-order valence-electron chi connectivity index (χ2n) is 6.95. The second kappa shape index (κ2) is 9.18. The number of nitrogens with one attached hydrogen (secondary N) is 2. The van der Waals surface area contributed by atoms with Crippen molar-refractivity contribution >= 4 is 39.6 Å². The molecular weight excluding hydrogens is 390 g/mol. The van der Waals surface area contributed by atoms with Gasteiger partial charge < -0.3 is 10.1 Å². The molecule has 1 heterocycles. The van der Waals surface area contributed by atoms with Gasteiger partial charge >= 0.3 is 0 Å². The molecule has 0 saturated carbocycles. The van der Waals surface area contributed by atoms with Crippen molar-refractivity contribution in [3.63, 3.8) is 0 Å². The molecule has 1 aliphatic rings. The Morgan fingerprint density at radius 1 is 1.46 bits per heavy atom. The molecular formula is C21H23N3O2S2. The molecule has 1 aromatic heterocycles. The molecule has 0 bridgehead atoms. The number of anilines is 1. The van der Waals surface area contributed by atoms with Gasteiger partial charge in [0.15, 0.2) is 5.11 Å². The molecule has 5 nitrogen and oxygen atoms in total. The van der Waals surface area contributed by atoms with Gasteiger partial charge in [0, 0.05) is 10.4 Å².